The van der Waals surface area contributed by atoms with Gasteiger partial charge in [-0.3, -0.25) is 0 Å². The standard InChI is InChI=1S/C25H20O2/c1-20-12-14-23(15-13-20)24(26)25(27,18-16-21-8-4-2-5-9-21)19-17-22-10-6-3-7-11-22/h2-15,24,26-27H,1H3. The first-order valence-corrected chi connectivity index (χ1v) is 8.70. The van der Waals surface area contributed by atoms with Crippen molar-refractivity contribution in [2.24, 2.45) is 0 Å². The smallest absolute Gasteiger partial charge is 0.218 e. The Bertz CT molecular complexity index is 941. The number of hydrogen-bond acceptors (Lipinski definition) is 2. The third-order valence-electron chi connectivity index (χ3n) is 4.13. The van der Waals surface area contributed by atoms with E-state index < -0.39 is 11.7 Å². The highest BCUT2D eigenvalue weighted by molar-refractivity contribution is 5.46. The molecule has 0 radical (unpaired) electrons. The summed E-state index contributed by atoms with van der Waals surface area (Å²) >= 11 is 0. The molecule has 3 aromatic rings. The summed E-state index contributed by atoms with van der Waals surface area (Å²) in [6.45, 7) is 1.97. The number of benzene rings is 3. The van der Waals surface area contributed by atoms with Crippen LogP contribution >= 0.6 is 0 Å². The fourth-order valence-corrected chi connectivity index (χ4v) is 2.54. The quantitative estimate of drug-likeness (QED) is 0.688. The van der Waals surface area contributed by atoms with Gasteiger partial charge in [0, 0.05) is 11.1 Å². The molecule has 3 aromatic carbocycles. The van der Waals surface area contributed by atoms with Crippen molar-refractivity contribution in [2.75, 3.05) is 0 Å². The van der Waals surface area contributed by atoms with Gasteiger partial charge in [-0.2, -0.15) is 0 Å². The van der Waals surface area contributed by atoms with E-state index in [9.17, 15) is 10.2 Å². The van der Waals surface area contributed by atoms with E-state index in [-0.39, 0.29) is 0 Å². The minimum atomic E-state index is -1.90. The average molecular weight is 352 g/mol. The average Bonchev–Trinajstić information content (AvgIpc) is 2.72. The molecule has 27 heavy (non-hydrogen) atoms. The second-order valence-electron chi connectivity index (χ2n) is 6.31. The molecule has 3 rings (SSSR count). The molecule has 2 heteroatoms. The summed E-state index contributed by atoms with van der Waals surface area (Å²) in [7, 11) is 0. The Morgan fingerprint density at radius 2 is 1.15 bits per heavy atom. The Labute approximate surface area is 160 Å². The first-order valence-electron chi connectivity index (χ1n) is 8.70. The molecule has 1 unspecified atom stereocenters. The summed E-state index contributed by atoms with van der Waals surface area (Å²) in [4.78, 5) is 0. The van der Waals surface area contributed by atoms with Gasteiger partial charge in [-0.1, -0.05) is 78.1 Å². The Morgan fingerprint density at radius 1 is 0.704 bits per heavy atom. The predicted octanol–water partition coefficient (Wildman–Crippen LogP) is 3.86. The van der Waals surface area contributed by atoms with Crippen LogP contribution in [0.1, 0.15) is 28.4 Å². The predicted molar refractivity (Wildman–Crippen MR) is 108 cm³/mol. The van der Waals surface area contributed by atoms with Crippen LogP contribution in [0.25, 0.3) is 0 Å². The van der Waals surface area contributed by atoms with Crippen LogP contribution in [0.5, 0.6) is 0 Å². The van der Waals surface area contributed by atoms with Crippen LogP contribution in [0, 0.1) is 30.6 Å². The summed E-state index contributed by atoms with van der Waals surface area (Å²) in [5.74, 6) is 11.4. The van der Waals surface area contributed by atoms with Crippen LogP contribution in [0.3, 0.4) is 0 Å². The zero-order valence-electron chi connectivity index (χ0n) is 15.1. The van der Waals surface area contributed by atoms with E-state index in [2.05, 4.69) is 23.7 Å². The number of aliphatic hydroxyl groups excluding tert-OH is 1. The highest BCUT2D eigenvalue weighted by Crippen LogP contribution is 2.26. The van der Waals surface area contributed by atoms with Crippen LogP contribution in [-0.2, 0) is 0 Å². The lowest BCUT2D eigenvalue weighted by Crippen LogP contribution is -2.33. The summed E-state index contributed by atoms with van der Waals surface area (Å²) in [6, 6.07) is 26.0. The van der Waals surface area contributed by atoms with Gasteiger partial charge >= 0.3 is 0 Å². The molecule has 0 aromatic heterocycles. The van der Waals surface area contributed by atoms with Crippen molar-refractivity contribution in [2.45, 2.75) is 18.6 Å². The van der Waals surface area contributed by atoms with Crippen molar-refractivity contribution in [1.82, 2.24) is 0 Å². The third kappa shape index (κ3) is 4.87. The molecule has 0 heterocycles. The summed E-state index contributed by atoms with van der Waals surface area (Å²) < 4.78 is 0. The van der Waals surface area contributed by atoms with E-state index >= 15 is 0 Å². The Morgan fingerprint density at radius 3 is 1.59 bits per heavy atom. The summed E-state index contributed by atoms with van der Waals surface area (Å²) in [6.07, 6.45) is -1.26. The summed E-state index contributed by atoms with van der Waals surface area (Å²) in [5, 5.41) is 22.0. The minimum absolute atomic E-state index is 0.563. The fourth-order valence-electron chi connectivity index (χ4n) is 2.54. The lowest BCUT2D eigenvalue weighted by Gasteiger charge is -2.23. The molecule has 0 aliphatic carbocycles. The van der Waals surface area contributed by atoms with Gasteiger partial charge in [0.2, 0.25) is 5.60 Å². The first kappa shape index (κ1) is 18.5. The molecule has 2 N–H and O–H groups in total. The van der Waals surface area contributed by atoms with E-state index in [1.54, 1.807) is 12.1 Å². The van der Waals surface area contributed by atoms with Gasteiger partial charge in [-0.25, -0.2) is 0 Å². The number of rotatable bonds is 2. The highest BCUT2D eigenvalue weighted by atomic mass is 16.3. The molecule has 0 aliphatic rings. The SMILES string of the molecule is Cc1ccc(C(O)C(O)(C#Cc2ccccc2)C#Cc2ccccc2)cc1. The Balaban J connectivity index is 2.01. The lowest BCUT2D eigenvalue weighted by molar-refractivity contribution is 0.00698. The summed E-state index contributed by atoms with van der Waals surface area (Å²) in [5.41, 5.74) is 1.22. The maximum absolute atomic E-state index is 11.1. The molecule has 1 atom stereocenters. The molecular weight excluding hydrogens is 332 g/mol. The van der Waals surface area contributed by atoms with Gasteiger partial charge in [-0.05, 0) is 48.6 Å². The van der Waals surface area contributed by atoms with Crippen molar-refractivity contribution in [3.63, 3.8) is 0 Å². The van der Waals surface area contributed by atoms with Crippen LogP contribution in [0.15, 0.2) is 84.9 Å². The topological polar surface area (TPSA) is 40.5 Å². The molecule has 0 saturated carbocycles. The van der Waals surface area contributed by atoms with Crippen molar-refractivity contribution in [3.8, 4) is 23.7 Å². The maximum Gasteiger partial charge on any atom is 0.218 e. The fraction of sp³-hybridized carbons (Fsp3) is 0.120. The largest absolute Gasteiger partial charge is 0.383 e. The molecule has 0 saturated heterocycles. The van der Waals surface area contributed by atoms with E-state index in [0.29, 0.717) is 5.56 Å². The van der Waals surface area contributed by atoms with Crippen molar-refractivity contribution in [1.29, 1.82) is 0 Å². The molecular formula is C25H20O2. The molecule has 0 bridgehead atoms. The normalized spacial score (nSPS) is 11.5. The molecule has 0 fully saturated rings. The van der Waals surface area contributed by atoms with Gasteiger partial charge in [0.1, 0.15) is 6.10 Å². The molecule has 0 aliphatic heterocycles. The van der Waals surface area contributed by atoms with E-state index in [4.69, 9.17) is 0 Å². The van der Waals surface area contributed by atoms with Gasteiger partial charge in [0.25, 0.3) is 0 Å². The van der Waals surface area contributed by atoms with Crippen LogP contribution < -0.4 is 0 Å². The monoisotopic (exact) mass is 352 g/mol. The van der Waals surface area contributed by atoms with Gasteiger partial charge < -0.3 is 10.2 Å². The van der Waals surface area contributed by atoms with Crippen molar-refractivity contribution < 1.29 is 10.2 Å². The van der Waals surface area contributed by atoms with Gasteiger partial charge in [0.05, 0.1) is 0 Å². The molecule has 2 nitrogen and oxygen atoms in total. The van der Waals surface area contributed by atoms with E-state index in [0.717, 1.165) is 16.7 Å². The van der Waals surface area contributed by atoms with E-state index in [1.165, 1.54) is 0 Å². The second kappa shape index (κ2) is 8.39. The van der Waals surface area contributed by atoms with Crippen molar-refractivity contribution in [3.05, 3.63) is 107 Å². The first-order chi connectivity index (χ1) is 13.1. The van der Waals surface area contributed by atoms with Crippen LogP contribution in [0.4, 0.5) is 0 Å². The Hall–Kier alpha value is -3.30. The lowest BCUT2D eigenvalue weighted by atomic mass is 9.91. The van der Waals surface area contributed by atoms with Crippen LogP contribution in [-0.4, -0.2) is 15.8 Å². The Kier molecular flexibility index (Phi) is 5.74. The van der Waals surface area contributed by atoms with Crippen molar-refractivity contribution >= 4 is 0 Å². The zero-order chi connectivity index (χ0) is 19.1. The maximum atomic E-state index is 11.1. The zero-order valence-corrected chi connectivity index (χ0v) is 15.1. The number of hydrogen-bond donors (Lipinski definition) is 2. The molecule has 0 spiro atoms. The molecule has 132 valence electrons. The second-order valence-corrected chi connectivity index (χ2v) is 6.31. The van der Waals surface area contributed by atoms with E-state index in [1.807, 2.05) is 79.7 Å². The number of aryl methyl sites for hydroxylation is 1. The molecule has 0 amide bonds. The minimum Gasteiger partial charge on any atom is -0.383 e. The third-order valence-corrected chi connectivity index (χ3v) is 4.13. The van der Waals surface area contributed by atoms with Gasteiger partial charge in [0.15, 0.2) is 0 Å². The van der Waals surface area contributed by atoms with Crippen LogP contribution in [0.2, 0.25) is 0 Å². The number of aliphatic hydroxyl groups is 2. The van der Waals surface area contributed by atoms with Gasteiger partial charge in [-0.15, -0.1) is 0 Å². The highest BCUT2D eigenvalue weighted by Gasteiger charge is 2.33.